The Labute approximate surface area is 101 Å². The Bertz CT molecular complexity index is 207. The van der Waals surface area contributed by atoms with E-state index in [1.54, 1.807) is 0 Å². The summed E-state index contributed by atoms with van der Waals surface area (Å²) >= 11 is 0. The van der Waals surface area contributed by atoms with Gasteiger partial charge in [0.1, 0.15) is 0 Å². The second kappa shape index (κ2) is 5.08. The largest absolute Gasteiger partial charge is 0.316 e. The van der Waals surface area contributed by atoms with Crippen molar-refractivity contribution < 1.29 is 0 Å². The minimum Gasteiger partial charge on any atom is -0.316 e. The standard InChI is InChI=1S/C15H29N/c1-4-15(2,3)14-7-5-12(6-8-14)13-9-10-16-11-13/h12-14,16H,4-11H2,1-3H3. The summed E-state index contributed by atoms with van der Waals surface area (Å²) < 4.78 is 0. The van der Waals surface area contributed by atoms with Crippen LogP contribution in [0, 0.1) is 23.2 Å². The number of hydrogen-bond acceptors (Lipinski definition) is 1. The van der Waals surface area contributed by atoms with Gasteiger partial charge in [-0.2, -0.15) is 0 Å². The van der Waals surface area contributed by atoms with E-state index in [0.29, 0.717) is 5.41 Å². The lowest BCUT2D eigenvalue weighted by molar-refractivity contribution is 0.110. The molecule has 1 heterocycles. The van der Waals surface area contributed by atoms with Crippen molar-refractivity contribution in [2.24, 2.45) is 23.2 Å². The van der Waals surface area contributed by atoms with Crippen LogP contribution in [0.5, 0.6) is 0 Å². The van der Waals surface area contributed by atoms with E-state index in [-0.39, 0.29) is 0 Å². The second-order valence-electron chi connectivity index (χ2n) is 6.71. The first-order valence-corrected chi connectivity index (χ1v) is 7.34. The van der Waals surface area contributed by atoms with Crippen LogP contribution >= 0.6 is 0 Å². The molecule has 1 saturated heterocycles. The van der Waals surface area contributed by atoms with Gasteiger partial charge in [0.15, 0.2) is 0 Å². The molecule has 1 unspecified atom stereocenters. The average Bonchev–Trinajstić information content (AvgIpc) is 2.83. The third-order valence-electron chi connectivity index (χ3n) is 5.55. The molecule has 0 aromatic heterocycles. The lowest BCUT2D eigenvalue weighted by Crippen LogP contribution is -2.30. The first kappa shape index (κ1) is 12.4. The smallest absolute Gasteiger partial charge is 0.00174 e. The van der Waals surface area contributed by atoms with Crippen molar-refractivity contribution in [2.45, 2.75) is 59.3 Å². The highest BCUT2D eigenvalue weighted by molar-refractivity contribution is 4.86. The highest BCUT2D eigenvalue weighted by atomic mass is 14.9. The number of nitrogens with one attached hydrogen (secondary N) is 1. The third-order valence-corrected chi connectivity index (χ3v) is 5.55. The molecule has 0 radical (unpaired) electrons. The lowest BCUT2D eigenvalue weighted by atomic mass is 9.65. The molecule has 16 heavy (non-hydrogen) atoms. The molecule has 0 aromatic rings. The van der Waals surface area contributed by atoms with Crippen LogP contribution < -0.4 is 5.32 Å². The molecule has 0 amide bonds. The molecule has 1 aliphatic heterocycles. The molecule has 0 aromatic carbocycles. The van der Waals surface area contributed by atoms with Crippen LogP contribution in [0.4, 0.5) is 0 Å². The van der Waals surface area contributed by atoms with E-state index in [4.69, 9.17) is 0 Å². The summed E-state index contributed by atoms with van der Waals surface area (Å²) in [4.78, 5) is 0. The van der Waals surface area contributed by atoms with Crippen LogP contribution in [0.1, 0.15) is 59.3 Å². The van der Waals surface area contributed by atoms with Gasteiger partial charge in [0.2, 0.25) is 0 Å². The summed E-state index contributed by atoms with van der Waals surface area (Å²) in [6.07, 6.45) is 8.75. The fourth-order valence-electron chi connectivity index (χ4n) is 3.74. The fourth-order valence-corrected chi connectivity index (χ4v) is 3.74. The van der Waals surface area contributed by atoms with Crippen molar-refractivity contribution in [1.29, 1.82) is 0 Å². The predicted molar refractivity (Wildman–Crippen MR) is 70.5 cm³/mol. The molecule has 1 saturated carbocycles. The quantitative estimate of drug-likeness (QED) is 0.766. The van der Waals surface area contributed by atoms with Crippen LogP contribution in [0.2, 0.25) is 0 Å². The molecule has 0 spiro atoms. The summed E-state index contributed by atoms with van der Waals surface area (Å²) in [5, 5.41) is 3.52. The van der Waals surface area contributed by atoms with Crippen molar-refractivity contribution >= 4 is 0 Å². The van der Waals surface area contributed by atoms with Gasteiger partial charge in [-0.15, -0.1) is 0 Å². The van der Waals surface area contributed by atoms with Gasteiger partial charge < -0.3 is 5.32 Å². The van der Waals surface area contributed by atoms with Gasteiger partial charge in [-0.1, -0.05) is 27.2 Å². The zero-order chi connectivity index (χ0) is 11.6. The molecule has 1 heteroatoms. The van der Waals surface area contributed by atoms with Gasteiger partial charge in [-0.05, 0) is 68.4 Å². The van der Waals surface area contributed by atoms with Gasteiger partial charge >= 0.3 is 0 Å². The first-order chi connectivity index (χ1) is 7.63. The minimum atomic E-state index is 0.582. The monoisotopic (exact) mass is 223 g/mol. The maximum Gasteiger partial charge on any atom is -0.00174 e. The van der Waals surface area contributed by atoms with Gasteiger partial charge in [-0.3, -0.25) is 0 Å². The van der Waals surface area contributed by atoms with Crippen LogP contribution in [0.3, 0.4) is 0 Å². The van der Waals surface area contributed by atoms with Crippen molar-refractivity contribution in [1.82, 2.24) is 5.32 Å². The minimum absolute atomic E-state index is 0.582. The summed E-state index contributed by atoms with van der Waals surface area (Å²) in [6.45, 7) is 9.86. The van der Waals surface area contributed by atoms with Crippen molar-refractivity contribution in [3.05, 3.63) is 0 Å². The van der Waals surface area contributed by atoms with E-state index in [9.17, 15) is 0 Å². The molecule has 2 fully saturated rings. The summed E-state index contributed by atoms with van der Waals surface area (Å²) in [5.41, 5.74) is 0.582. The topological polar surface area (TPSA) is 12.0 Å². The molecule has 1 atom stereocenters. The van der Waals surface area contributed by atoms with Crippen LogP contribution in [0.25, 0.3) is 0 Å². The zero-order valence-corrected chi connectivity index (χ0v) is 11.4. The summed E-state index contributed by atoms with van der Waals surface area (Å²) in [5.74, 6) is 3.03. The molecule has 0 bridgehead atoms. The van der Waals surface area contributed by atoms with Crippen LogP contribution in [-0.2, 0) is 0 Å². The summed E-state index contributed by atoms with van der Waals surface area (Å²) in [7, 11) is 0. The highest BCUT2D eigenvalue weighted by Gasteiger charge is 2.34. The fraction of sp³-hybridized carbons (Fsp3) is 1.00. The first-order valence-electron chi connectivity index (χ1n) is 7.34. The Morgan fingerprint density at radius 2 is 1.69 bits per heavy atom. The van der Waals surface area contributed by atoms with E-state index < -0.39 is 0 Å². The highest BCUT2D eigenvalue weighted by Crippen LogP contribution is 2.44. The maximum absolute atomic E-state index is 3.52. The Hall–Kier alpha value is -0.0400. The average molecular weight is 223 g/mol. The SMILES string of the molecule is CCC(C)(C)C1CCC(C2CCNC2)CC1. The van der Waals surface area contributed by atoms with Crippen molar-refractivity contribution in [3.63, 3.8) is 0 Å². The maximum atomic E-state index is 3.52. The van der Waals surface area contributed by atoms with E-state index in [0.717, 1.165) is 17.8 Å². The van der Waals surface area contributed by atoms with Crippen molar-refractivity contribution in [3.8, 4) is 0 Å². The van der Waals surface area contributed by atoms with E-state index in [1.807, 2.05) is 0 Å². The Morgan fingerprint density at radius 1 is 1.00 bits per heavy atom. The molecular weight excluding hydrogens is 194 g/mol. The molecule has 94 valence electrons. The van der Waals surface area contributed by atoms with Gasteiger partial charge in [0, 0.05) is 0 Å². The Kier molecular flexibility index (Phi) is 3.94. The summed E-state index contributed by atoms with van der Waals surface area (Å²) in [6, 6.07) is 0. The predicted octanol–water partition coefficient (Wildman–Crippen LogP) is 3.84. The van der Waals surface area contributed by atoms with Gasteiger partial charge in [-0.25, -0.2) is 0 Å². The van der Waals surface area contributed by atoms with Gasteiger partial charge in [0.05, 0.1) is 0 Å². The molecule has 2 rings (SSSR count). The van der Waals surface area contributed by atoms with Crippen LogP contribution in [-0.4, -0.2) is 13.1 Å². The third kappa shape index (κ3) is 2.61. The van der Waals surface area contributed by atoms with E-state index >= 15 is 0 Å². The normalized spacial score (nSPS) is 36.6. The molecule has 1 N–H and O–H groups in total. The second-order valence-corrected chi connectivity index (χ2v) is 6.71. The zero-order valence-electron chi connectivity index (χ0n) is 11.4. The van der Waals surface area contributed by atoms with Crippen LogP contribution in [0.15, 0.2) is 0 Å². The number of hydrogen-bond donors (Lipinski definition) is 1. The lowest BCUT2D eigenvalue weighted by Gasteiger charge is -2.40. The van der Waals surface area contributed by atoms with Gasteiger partial charge in [0.25, 0.3) is 0 Å². The Morgan fingerprint density at radius 3 is 2.19 bits per heavy atom. The van der Waals surface area contributed by atoms with E-state index in [2.05, 4.69) is 26.1 Å². The molecular formula is C15H29N. The van der Waals surface area contributed by atoms with Crippen molar-refractivity contribution in [2.75, 3.05) is 13.1 Å². The van der Waals surface area contributed by atoms with E-state index in [1.165, 1.54) is 51.6 Å². The number of rotatable bonds is 3. The molecule has 1 nitrogen and oxygen atoms in total. The Balaban J connectivity index is 1.82. The molecule has 2 aliphatic rings. The molecule has 1 aliphatic carbocycles.